The Kier molecular flexibility index (Phi) is 2.72. The van der Waals surface area contributed by atoms with Gasteiger partial charge in [0.15, 0.2) is 3.95 Å². The Labute approximate surface area is 109 Å². The van der Waals surface area contributed by atoms with Gasteiger partial charge in [0.2, 0.25) is 5.13 Å². The number of nitrogens with zero attached hydrogens (tertiary/aromatic N) is 2. The molecule has 0 spiro atoms. The second-order valence-electron chi connectivity index (χ2n) is 4.28. The second kappa shape index (κ2) is 4.23. The Morgan fingerprint density at radius 3 is 3.12 bits per heavy atom. The van der Waals surface area contributed by atoms with Crippen LogP contribution in [-0.4, -0.2) is 16.7 Å². The summed E-state index contributed by atoms with van der Waals surface area (Å²) in [5.41, 5.74) is 4.01. The van der Waals surface area contributed by atoms with Crippen molar-refractivity contribution in [3.63, 3.8) is 0 Å². The fraction of sp³-hybridized carbons (Fsp3) is 0.333. The minimum absolute atomic E-state index is 0.735. The number of nitrogens with one attached hydrogen (secondary N) is 1. The number of aryl methyl sites for hydroxylation is 2. The van der Waals surface area contributed by atoms with Crippen molar-refractivity contribution in [1.82, 2.24) is 10.2 Å². The quantitative estimate of drug-likeness (QED) is 0.798. The van der Waals surface area contributed by atoms with Crippen LogP contribution < -0.4 is 4.90 Å². The molecule has 0 atom stereocenters. The summed E-state index contributed by atoms with van der Waals surface area (Å²) in [6.07, 6.45) is 2.33. The van der Waals surface area contributed by atoms with Crippen LogP contribution in [0.15, 0.2) is 18.2 Å². The lowest BCUT2D eigenvalue weighted by molar-refractivity contribution is 0.760. The summed E-state index contributed by atoms with van der Waals surface area (Å²) in [7, 11) is 0. The largest absolute Gasteiger partial charge is 0.316 e. The van der Waals surface area contributed by atoms with Gasteiger partial charge in [-0.3, -0.25) is 5.10 Å². The van der Waals surface area contributed by atoms with Crippen LogP contribution in [0.4, 0.5) is 10.8 Å². The summed E-state index contributed by atoms with van der Waals surface area (Å²) in [6.45, 7) is 3.16. The van der Waals surface area contributed by atoms with E-state index in [-0.39, 0.29) is 0 Å². The first kappa shape index (κ1) is 10.9. The molecule has 0 bridgehead atoms. The highest BCUT2D eigenvalue weighted by atomic mass is 32.1. The summed E-state index contributed by atoms with van der Waals surface area (Å²) < 4.78 is 0.735. The molecule has 5 heteroatoms. The van der Waals surface area contributed by atoms with Crippen molar-refractivity contribution < 1.29 is 0 Å². The third-order valence-electron chi connectivity index (χ3n) is 3.01. The van der Waals surface area contributed by atoms with E-state index < -0.39 is 0 Å². The van der Waals surface area contributed by atoms with Crippen LogP contribution in [0.25, 0.3) is 0 Å². The zero-order valence-corrected chi connectivity index (χ0v) is 11.2. The first-order valence-electron chi connectivity index (χ1n) is 5.66. The molecule has 3 nitrogen and oxygen atoms in total. The van der Waals surface area contributed by atoms with E-state index in [0.29, 0.717) is 0 Å². The molecule has 1 aliphatic rings. The number of hydrogen-bond acceptors (Lipinski definition) is 4. The van der Waals surface area contributed by atoms with E-state index in [1.807, 2.05) is 0 Å². The number of rotatable bonds is 1. The van der Waals surface area contributed by atoms with Crippen LogP contribution in [0.1, 0.15) is 17.5 Å². The molecule has 2 heterocycles. The van der Waals surface area contributed by atoms with E-state index in [2.05, 4.69) is 40.2 Å². The average molecular weight is 263 g/mol. The lowest BCUT2D eigenvalue weighted by Crippen LogP contribution is -2.24. The maximum absolute atomic E-state index is 5.10. The highest BCUT2D eigenvalue weighted by Crippen LogP contribution is 2.34. The molecule has 0 saturated heterocycles. The van der Waals surface area contributed by atoms with E-state index in [4.69, 9.17) is 12.2 Å². The van der Waals surface area contributed by atoms with Crippen LogP contribution >= 0.6 is 23.6 Å². The molecule has 1 aromatic heterocycles. The molecular weight excluding hydrogens is 250 g/mol. The van der Waals surface area contributed by atoms with Gasteiger partial charge in [-0.1, -0.05) is 29.0 Å². The zero-order chi connectivity index (χ0) is 11.8. The molecule has 0 fully saturated rings. The Balaban J connectivity index is 2.08. The topological polar surface area (TPSA) is 31.9 Å². The van der Waals surface area contributed by atoms with Gasteiger partial charge in [0.05, 0.1) is 0 Å². The SMILES string of the molecule is Cc1ccc2c(c1)CCCN2c1n[nH]c(=S)s1. The molecule has 0 saturated carbocycles. The molecule has 0 aliphatic carbocycles. The van der Waals surface area contributed by atoms with Crippen LogP contribution in [0.3, 0.4) is 0 Å². The molecule has 0 unspecified atom stereocenters. The van der Waals surface area contributed by atoms with Gasteiger partial charge < -0.3 is 4.90 Å². The number of fused-ring (bicyclic) bond motifs is 1. The van der Waals surface area contributed by atoms with E-state index >= 15 is 0 Å². The number of aromatic amines is 1. The highest BCUT2D eigenvalue weighted by molar-refractivity contribution is 7.73. The molecular formula is C12H13N3S2. The van der Waals surface area contributed by atoms with Crippen molar-refractivity contribution in [2.45, 2.75) is 19.8 Å². The van der Waals surface area contributed by atoms with Gasteiger partial charge in [-0.15, -0.1) is 5.10 Å². The summed E-state index contributed by atoms with van der Waals surface area (Å²) in [5.74, 6) is 0. The number of hydrogen-bond donors (Lipinski definition) is 1. The first-order chi connectivity index (χ1) is 8.24. The van der Waals surface area contributed by atoms with Gasteiger partial charge in [-0.25, -0.2) is 0 Å². The van der Waals surface area contributed by atoms with Crippen LogP contribution in [0.5, 0.6) is 0 Å². The van der Waals surface area contributed by atoms with Crippen LogP contribution in [-0.2, 0) is 6.42 Å². The Hall–Kier alpha value is -1.20. The predicted octanol–water partition coefficient (Wildman–Crippen LogP) is 3.59. The van der Waals surface area contributed by atoms with Gasteiger partial charge in [0.25, 0.3) is 0 Å². The van der Waals surface area contributed by atoms with Gasteiger partial charge in [0.1, 0.15) is 0 Å². The van der Waals surface area contributed by atoms with Gasteiger partial charge >= 0.3 is 0 Å². The predicted molar refractivity (Wildman–Crippen MR) is 73.8 cm³/mol. The summed E-state index contributed by atoms with van der Waals surface area (Å²) in [4.78, 5) is 2.26. The zero-order valence-electron chi connectivity index (χ0n) is 9.56. The average Bonchev–Trinajstić information content (AvgIpc) is 2.74. The fourth-order valence-electron chi connectivity index (χ4n) is 2.26. The number of benzene rings is 1. The maximum Gasteiger partial charge on any atom is 0.211 e. The molecule has 88 valence electrons. The number of H-pyrrole nitrogens is 1. The molecule has 1 aromatic carbocycles. The van der Waals surface area contributed by atoms with Crippen molar-refractivity contribution >= 4 is 34.4 Å². The third-order valence-corrected chi connectivity index (χ3v) is 4.12. The number of aromatic nitrogens is 2. The lowest BCUT2D eigenvalue weighted by atomic mass is 10.0. The minimum atomic E-state index is 0.735. The Morgan fingerprint density at radius 1 is 1.47 bits per heavy atom. The van der Waals surface area contributed by atoms with E-state index in [0.717, 1.165) is 22.1 Å². The van der Waals surface area contributed by atoms with Crippen molar-refractivity contribution in [2.75, 3.05) is 11.4 Å². The highest BCUT2D eigenvalue weighted by Gasteiger charge is 2.20. The Bertz CT molecular complexity index is 600. The van der Waals surface area contributed by atoms with Crippen LogP contribution in [0.2, 0.25) is 0 Å². The smallest absolute Gasteiger partial charge is 0.211 e. The maximum atomic E-state index is 5.10. The van der Waals surface area contributed by atoms with Crippen molar-refractivity contribution in [2.24, 2.45) is 0 Å². The van der Waals surface area contributed by atoms with Gasteiger partial charge in [-0.2, -0.15) is 0 Å². The summed E-state index contributed by atoms with van der Waals surface area (Å²) in [5, 5.41) is 8.10. The molecule has 0 radical (unpaired) electrons. The third kappa shape index (κ3) is 2.00. The van der Waals surface area contributed by atoms with Crippen molar-refractivity contribution in [1.29, 1.82) is 0 Å². The lowest BCUT2D eigenvalue weighted by Gasteiger charge is -2.28. The molecule has 0 amide bonds. The standard InChI is InChI=1S/C12H13N3S2/c1-8-4-5-10-9(7-8)3-2-6-15(10)11-13-14-12(16)17-11/h4-5,7H,2-3,6H2,1H3,(H,14,16). The molecule has 1 N–H and O–H groups in total. The molecule has 2 aromatic rings. The van der Waals surface area contributed by atoms with E-state index in [1.165, 1.54) is 34.6 Å². The second-order valence-corrected chi connectivity index (χ2v) is 5.93. The van der Waals surface area contributed by atoms with Crippen LogP contribution in [0, 0.1) is 10.9 Å². The van der Waals surface area contributed by atoms with E-state index in [1.54, 1.807) is 0 Å². The minimum Gasteiger partial charge on any atom is -0.316 e. The van der Waals surface area contributed by atoms with E-state index in [9.17, 15) is 0 Å². The normalized spacial score (nSPS) is 14.8. The van der Waals surface area contributed by atoms with Crippen molar-refractivity contribution in [3.05, 3.63) is 33.3 Å². The molecule has 1 aliphatic heterocycles. The first-order valence-corrected chi connectivity index (χ1v) is 6.89. The van der Waals surface area contributed by atoms with Gasteiger partial charge in [-0.05, 0) is 43.6 Å². The Morgan fingerprint density at radius 2 is 2.35 bits per heavy atom. The van der Waals surface area contributed by atoms with Crippen molar-refractivity contribution in [3.8, 4) is 0 Å². The summed E-state index contributed by atoms with van der Waals surface area (Å²) in [6, 6.07) is 6.62. The fourth-order valence-corrected chi connectivity index (χ4v) is 3.18. The monoisotopic (exact) mass is 263 g/mol. The molecule has 17 heavy (non-hydrogen) atoms. The molecule has 3 rings (SSSR count). The van der Waals surface area contributed by atoms with Gasteiger partial charge in [0, 0.05) is 12.2 Å². The number of anilines is 2. The summed E-state index contributed by atoms with van der Waals surface area (Å²) >= 11 is 6.63.